The number of benzene rings is 3. The number of non-ortho nitro benzene ring substituents is 1. The van der Waals surface area contributed by atoms with Crippen LogP contribution in [0.2, 0.25) is 0 Å². The summed E-state index contributed by atoms with van der Waals surface area (Å²) in [5.74, 6) is -3.13. The number of anilines is 2. The van der Waals surface area contributed by atoms with E-state index in [1.807, 2.05) is 0 Å². The number of nitro groups is 1. The van der Waals surface area contributed by atoms with Gasteiger partial charge in [-0.3, -0.25) is 24.5 Å². The molecule has 10 heteroatoms. The highest BCUT2D eigenvalue weighted by Gasteiger charge is 2.37. The molecule has 1 aliphatic heterocycles. The van der Waals surface area contributed by atoms with Gasteiger partial charge >= 0.3 is 5.97 Å². The molecule has 3 amide bonds. The zero-order valence-electron chi connectivity index (χ0n) is 16.1. The van der Waals surface area contributed by atoms with E-state index >= 15 is 0 Å². The van der Waals surface area contributed by atoms with Gasteiger partial charge in [0, 0.05) is 23.4 Å². The number of fused-ring (bicyclic) bond motifs is 1. The summed E-state index contributed by atoms with van der Waals surface area (Å²) in [5.41, 5.74) is 0.122. The van der Waals surface area contributed by atoms with Crippen LogP contribution < -0.4 is 10.2 Å². The smallest absolute Gasteiger partial charge is 0.335 e. The van der Waals surface area contributed by atoms with Crippen LogP contribution in [-0.2, 0) is 0 Å². The van der Waals surface area contributed by atoms with E-state index in [0.29, 0.717) is 0 Å². The second-order valence-corrected chi connectivity index (χ2v) is 6.82. The van der Waals surface area contributed by atoms with Gasteiger partial charge in [0.1, 0.15) is 0 Å². The molecule has 1 aliphatic rings. The number of aromatic carboxylic acids is 1. The summed E-state index contributed by atoms with van der Waals surface area (Å²) < 4.78 is 0. The number of hydrogen-bond acceptors (Lipinski definition) is 6. The molecular formula is C22H13N3O7. The molecule has 0 spiro atoms. The van der Waals surface area contributed by atoms with Crippen molar-refractivity contribution in [3.05, 3.63) is 99.1 Å². The number of nitro benzene ring substituents is 1. The van der Waals surface area contributed by atoms with Crippen molar-refractivity contribution >= 4 is 40.8 Å². The van der Waals surface area contributed by atoms with Gasteiger partial charge in [-0.2, -0.15) is 0 Å². The number of rotatable bonds is 5. The molecule has 3 aromatic carbocycles. The Morgan fingerprint density at radius 3 is 2.31 bits per heavy atom. The third-order valence-electron chi connectivity index (χ3n) is 4.81. The molecule has 0 saturated carbocycles. The highest BCUT2D eigenvalue weighted by atomic mass is 16.6. The molecule has 32 heavy (non-hydrogen) atoms. The number of imide groups is 1. The van der Waals surface area contributed by atoms with Crippen LogP contribution in [0.3, 0.4) is 0 Å². The van der Waals surface area contributed by atoms with E-state index in [9.17, 15) is 29.3 Å². The van der Waals surface area contributed by atoms with Crippen molar-refractivity contribution in [1.29, 1.82) is 0 Å². The fraction of sp³-hybridized carbons (Fsp3) is 0. The third kappa shape index (κ3) is 3.56. The molecule has 4 rings (SSSR count). The summed E-state index contributed by atoms with van der Waals surface area (Å²) in [4.78, 5) is 60.5. The Balaban J connectivity index is 1.62. The molecule has 0 atom stereocenters. The molecule has 0 aromatic heterocycles. The topological polar surface area (TPSA) is 147 Å². The van der Waals surface area contributed by atoms with Crippen LogP contribution in [0.5, 0.6) is 0 Å². The normalized spacial score (nSPS) is 12.4. The van der Waals surface area contributed by atoms with Gasteiger partial charge in [0.05, 0.1) is 27.3 Å². The van der Waals surface area contributed by atoms with E-state index in [1.54, 1.807) is 0 Å². The van der Waals surface area contributed by atoms with E-state index in [4.69, 9.17) is 5.11 Å². The quantitative estimate of drug-likeness (QED) is 0.358. The number of nitrogens with one attached hydrogen (secondary N) is 1. The molecule has 0 saturated heterocycles. The second kappa shape index (κ2) is 7.76. The molecule has 158 valence electrons. The Labute approximate surface area is 179 Å². The highest BCUT2D eigenvalue weighted by Crippen LogP contribution is 2.31. The molecule has 0 fully saturated rings. The van der Waals surface area contributed by atoms with E-state index in [-0.39, 0.29) is 39.3 Å². The molecule has 2 N–H and O–H groups in total. The van der Waals surface area contributed by atoms with Crippen molar-refractivity contribution in [3.63, 3.8) is 0 Å². The van der Waals surface area contributed by atoms with Gasteiger partial charge in [0.25, 0.3) is 23.4 Å². The summed E-state index contributed by atoms with van der Waals surface area (Å²) in [6, 6.07) is 14.7. The molecular weight excluding hydrogens is 418 g/mol. The van der Waals surface area contributed by atoms with E-state index in [2.05, 4.69) is 5.32 Å². The van der Waals surface area contributed by atoms with Crippen LogP contribution in [0.4, 0.5) is 17.1 Å². The predicted molar refractivity (Wildman–Crippen MR) is 112 cm³/mol. The standard InChI is InChI=1S/C22H13N3O7/c26-19(23-14-4-1-3-13(9-14)22(29)30)12-7-8-17-18(10-12)21(28)24(20(17)27)15-5-2-6-16(11-15)25(31)32/h1-11H,(H,23,26)(H,29,30). The number of amides is 3. The van der Waals surface area contributed by atoms with Crippen LogP contribution >= 0.6 is 0 Å². The number of nitrogens with zero attached hydrogens (tertiary/aromatic N) is 2. The lowest BCUT2D eigenvalue weighted by Crippen LogP contribution is -2.29. The summed E-state index contributed by atoms with van der Waals surface area (Å²) in [5, 5.41) is 22.6. The van der Waals surface area contributed by atoms with Crippen molar-refractivity contribution in [2.24, 2.45) is 0 Å². The minimum Gasteiger partial charge on any atom is -0.478 e. The molecule has 10 nitrogen and oxygen atoms in total. The van der Waals surface area contributed by atoms with Crippen LogP contribution in [0.25, 0.3) is 0 Å². The van der Waals surface area contributed by atoms with Gasteiger partial charge < -0.3 is 10.4 Å². The first-order chi connectivity index (χ1) is 15.3. The van der Waals surface area contributed by atoms with Crippen molar-refractivity contribution in [1.82, 2.24) is 0 Å². The van der Waals surface area contributed by atoms with Gasteiger partial charge in [-0.05, 0) is 42.5 Å². The molecule has 0 radical (unpaired) electrons. The van der Waals surface area contributed by atoms with Crippen molar-refractivity contribution in [2.45, 2.75) is 0 Å². The Kier molecular flexibility index (Phi) is 4.95. The van der Waals surface area contributed by atoms with Gasteiger partial charge in [-0.25, -0.2) is 9.69 Å². The minimum absolute atomic E-state index is 0.00914. The number of carbonyl (C=O) groups is 4. The average Bonchev–Trinajstić information content (AvgIpc) is 3.03. The maximum atomic E-state index is 12.9. The van der Waals surface area contributed by atoms with E-state index in [1.165, 1.54) is 60.7 Å². The molecule has 0 aliphatic carbocycles. The zero-order valence-corrected chi connectivity index (χ0v) is 16.1. The van der Waals surface area contributed by atoms with E-state index in [0.717, 1.165) is 11.0 Å². The number of hydrogen-bond donors (Lipinski definition) is 2. The SMILES string of the molecule is O=C(O)c1cccc(NC(=O)c2ccc3c(c2)C(=O)N(c2cccc([N+](=O)[O-])c2)C3=O)c1. The van der Waals surface area contributed by atoms with Crippen LogP contribution in [-0.4, -0.2) is 33.7 Å². The monoisotopic (exact) mass is 431 g/mol. The Bertz CT molecular complexity index is 1330. The average molecular weight is 431 g/mol. The van der Waals surface area contributed by atoms with Gasteiger partial charge in [-0.15, -0.1) is 0 Å². The molecule has 1 heterocycles. The van der Waals surface area contributed by atoms with Crippen LogP contribution in [0.15, 0.2) is 66.7 Å². The van der Waals surface area contributed by atoms with E-state index < -0.39 is 28.6 Å². The molecule has 3 aromatic rings. The zero-order chi connectivity index (χ0) is 23.0. The Morgan fingerprint density at radius 2 is 1.59 bits per heavy atom. The maximum absolute atomic E-state index is 12.9. The highest BCUT2D eigenvalue weighted by molar-refractivity contribution is 6.34. The van der Waals surface area contributed by atoms with Gasteiger partial charge in [0.2, 0.25) is 0 Å². The second-order valence-electron chi connectivity index (χ2n) is 6.82. The summed E-state index contributed by atoms with van der Waals surface area (Å²) >= 11 is 0. The first kappa shape index (κ1) is 20.4. The predicted octanol–water partition coefficient (Wildman–Crippen LogP) is 3.35. The Hall–Kier alpha value is -4.86. The first-order valence-corrected chi connectivity index (χ1v) is 9.18. The summed E-state index contributed by atoms with van der Waals surface area (Å²) in [6.07, 6.45) is 0. The number of carbonyl (C=O) groups excluding carboxylic acids is 3. The Morgan fingerprint density at radius 1 is 0.875 bits per heavy atom. The molecule has 0 bridgehead atoms. The van der Waals surface area contributed by atoms with Crippen LogP contribution in [0, 0.1) is 10.1 Å². The third-order valence-corrected chi connectivity index (χ3v) is 4.81. The summed E-state index contributed by atoms with van der Waals surface area (Å²) in [7, 11) is 0. The lowest BCUT2D eigenvalue weighted by atomic mass is 10.1. The number of carboxylic acid groups (broad SMARTS) is 1. The summed E-state index contributed by atoms with van der Waals surface area (Å²) in [6.45, 7) is 0. The fourth-order valence-corrected chi connectivity index (χ4v) is 3.30. The fourth-order valence-electron chi connectivity index (χ4n) is 3.30. The van der Waals surface area contributed by atoms with Crippen molar-refractivity contribution in [3.8, 4) is 0 Å². The largest absolute Gasteiger partial charge is 0.478 e. The van der Waals surface area contributed by atoms with Crippen molar-refractivity contribution < 1.29 is 29.2 Å². The first-order valence-electron chi connectivity index (χ1n) is 9.18. The lowest BCUT2D eigenvalue weighted by Gasteiger charge is -2.13. The molecule has 0 unspecified atom stereocenters. The minimum atomic E-state index is -1.15. The lowest BCUT2D eigenvalue weighted by molar-refractivity contribution is -0.384. The van der Waals surface area contributed by atoms with Gasteiger partial charge in [0.15, 0.2) is 0 Å². The van der Waals surface area contributed by atoms with Crippen LogP contribution in [0.1, 0.15) is 41.4 Å². The maximum Gasteiger partial charge on any atom is 0.335 e. The number of carboxylic acids is 1. The van der Waals surface area contributed by atoms with Crippen molar-refractivity contribution in [2.75, 3.05) is 10.2 Å². The van der Waals surface area contributed by atoms with Gasteiger partial charge in [-0.1, -0.05) is 12.1 Å².